The molecule has 5 rings (SSSR count). The van der Waals surface area contributed by atoms with Crippen molar-refractivity contribution in [1.82, 2.24) is 14.5 Å². The van der Waals surface area contributed by atoms with Crippen LogP contribution in [0.25, 0.3) is 16.6 Å². The van der Waals surface area contributed by atoms with Crippen LogP contribution in [0, 0.1) is 13.8 Å². The Morgan fingerprint density at radius 1 is 1.08 bits per heavy atom. The third kappa shape index (κ3) is 1.85. The van der Waals surface area contributed by atoms with E-state index in [4.69, 9.17) is 0 Å². The number of benzene rings is 1. The molecule has 1 aromatic carbocycles. The van der Waals surface area contributed by atoms with Gasteiger partial charge in [-0.15, -0.1) is 0 Å². The molecular weight excluding hydrogens is 294 g/mol. The van der Waals surface area contributed by atoms with E-state index in [1.165, 1.54) is 40.7 Å². The van der Waals surface area contributed by atoms with E-state index in [0.29, 0.717) is 12.1 Å². The molecule has 0 aliphatic carbocycles. The van der Waals surface area contributed by atoms with Crippen LogP contribution in [-0.2, 0) is 6.42 Å². The molecule has 3 aromatic rings. The summed E-state index contributed by atoms with van der Waals surface area (Å²) in [4.78, 5) is 7.14. The van der Waals surface area contributed by atoms with Gasteiger partial charge in [-0.1, -0.05) is 11.6 Å². The van der Waals surface area contributed by atoms with Gasteiger partial charge in [0, 0.05) is 35.3 Å². The van der Waals surface area contributed by atoms with Crippen molar-refractivity contribution in [3.05, 3.63) is 59.0 Å². The summed E-state index contributed by atoms with van der Waals surface area (Å²) in [5.41, 5.74) is 8.00. The quantitative estimate of drug-likeness (QED) is 0.666. The lowest BCUT2D eigenvalue weighted by Gasteiger charge is -2.32. The zero-order chi connectivity index (χ0) is 16.4. The highest BCUT2D eigenvalue weighted by molar-refractivity contribution is 5.89. The molecule has 3 nitrogen and oxygen atoms in total. The van der Waals surface area contributed by atoms with Gasteiger partial charge in [-0.25, -0.2) is 0 Å². The Kier molecular flexibility index (Phi) is 2.93. The Bertz CT molecular complexity index is 936. The van der Waals surface area contributed by atoms with Gasteiger partial charge in [0.2, 0.25) is 0 Å². The first-order chi connectivity index (χ1) is 11.6. The summed E-state index contributed by atoms with van der Waals surface area (Å²) in [6.45, 7) is 4.24. The monoisotopic (exact) mass is 317 g/mol. The van der Waals surface area contributed by atoms with E-state index in [2.05, 4.69) is 58.8 Å². The second-order valence-electron chi connectivity index (χ2n) is 7.49. The van der Waals surface area contributed by atoms with Crippen LogP contribution < -0.4 is 0 Å². The lowest BCUT2D eigenvalue weighted by Crippen LogP contribution is -2.34. The minimum absolute atomic E-state index is 0.572. The lowest BCUT2D eigenvalue weighted by molar-refractivity contribution is 0.223. The average molecular weight is 317 g/mol. The molecule has 2 unspecified atom stereocenters. The molecule has 1 fully saturated rings. The number of hydrogen-bond acceptors (Lipinski definition) is 2. The number of hydrogen-bond donors (Lipinski definition) is 0. The molecule has 0 amide bonds. The molecule has 24 heavy (non-hydrogen) atoms. The molecule has 3 heteroatoms. The molecule has 4 heterocycles. The van der Waals surface area contributed by atoms with E-state index < -0.39 is 0 Å². The first kappa shape index (κ1) is 14.2. The van der Waals surface area contributed by atoms with Gasteiger partial charge in [0.1, 0.15) is 0 Å². The van der Waals surface area contributed by atoms with Gasteiger partial charge in [0.25, 0.3) is 0 Å². The zero-order valence-electron chi connectivity index (χ0n) is 14.6. The van der Waals surface area contributed by atoms with Gasteiger partial charge in [-0.2, -0.15) is 0 Å². The first-order valence-electron chi connectivity index (χ1n) is 8.92. The van der Waals surface area contributed by atoms with Crippen molar-refractivity contribution in [1.29, 1.82) is 0 Å². The van der Waals surface area contributed by atoms with Crippen molar-refractivity contribution in [2.75, 3.05) is 7.05 Å². The fourth-order valence-corrected chi connectivity index (χ4v) is 4.77. The maximum atomic E-state index is 4.55. The minimum atomic E-state index is 0.572. The van der Waals surface area contributed by atoms with Gasteiger partial charge in [0.15, 0.2) is 0 Å². The molecule has 0 spiro atoms. The van der Waals surface area contributed by atoms with E-state index in [1.807, 2.05) is 13.1 Å². The highest BCUT2D eigenvalue weighted by atomic mass is 15.2. The maximum Gasteiger partial charge on any atom is 0.0642 e. The van der Waals surface area contributed by atoms with E-state index in [0.717, 1.165) is 12.1 Å². The van der Waals surface area contributed by atoms with Crippen LogP contribution in [0.2, 0.25) is 0 Å². The van der Waals surface area contributed by atoms with E-state index >= 15 is 0 Å². The van der Waals surface area contributed by atoms with Crippen LogP contribution in [0.4, 0.5) is 0 Å². The number of rotatable bonds is 1. The number of pyridine rings is 1. The second kappa shape index (κ2) is 4.93. The fraction of sp³-hybridized carbons (Fsp3) is 0.381. The third-order valence-corrected chi connectivity index (χ3v) is 6.02. The Morgan fingerprint density at radius 2 is 1.96 bits per heavy atom. The maximum absolute atomic E-state index is 4.55. The summed E-state index contributed by atoms with van der Waals surface area (Å²) in [7, 11) is 2.30. The Balaban J connectivity index is 1.85. The fourth-order valence-electron chi connectivity index (χ4n) is 4.77. The zero-order valence-corrected chi connectivity index (χ0v) is 14.6. The van der Waals surface area contributed by atoms with Crippen LogP contribution in [0.5, 0.6) is 0 Å². The van der Waals surface area contributed by atoms with Crippen LogP contribution in [0.1, 0.15) is 41.4 Å². The van der Waals surface area contributed by atoms with Crippen LogP contribution >= 0.6 is 0 Å². The van der Waals surface area contributed by atoms with Gasteiger partial charge in [0.05, 0.1) is 17.4 Å². The van der Waals surface area contributed by atoms with Crippen molar-refractivity contribution in [3.8, 4) is 5.69 Å². The summed E-state index contributed by atoms with van der Waals surface area (Å²) in [6.07, 6.45) is 5.77. The topological polar surface area (TPSA) is 21.1 Å². The molecule has 2 bridgehead atoms. The molecular formula is C21H23N3. The SMILES string of the molecule is Cc1ccc2c(c1)c1c(n2-c2ccc(C)nc2)CC2CCC1N2C. The normalized spacial score (nSPS) is 23.0. The van der Waals surface area contributed by atoms with E-state index in [1.54, 1.807) is 5.56 Å². The minimum Gasteiger partial charge on any atom is -0.312 e. The highest BCUT2D eigenvalue weighted by Gasteiger charge is 2.40. The number of aromatic nitrogens is 2. The molecule has 2 aliphatic heterocycles. The number of nitrogens with zero attached hydrogens (tertiary/aromatic N) is 3. The highest BCUT2D eigenvalue weighted by Crippen LogP contribution is 2.47. The summed E-state index contributed by atoms with van der Waals surface area (Å²) >= 11 is 0. The van der Waals surface area contributed by atoms with Crippen LogP contribution in [0.15, 0.2) is 36.5 Å². The summed E-state index contributed by atoms with van der Waals surface area (Å²) in [6, 6.07) is 12.5. The van der Waals surface area contributed by atoms with Crippen molar-refractivity contribution >= 4 is 10.9 Å². The smallest absolute Gasteiger partial charge is 0.0642 e. The molecule has 0 saturated carbocycles. The first-order valence-corrected chi connectivity index (χ1v) is 8.92. The van der Waals surface area contributed by atoms with Crippen LogP contribution in [0.3, 0.4) is 0 Å². The molecule has 2 aliphatic rings. The Morgan fingerprint density at radius 3 is 2.75 bits per heavy atom. The number of fused-ring (bicyclic) bond motifs is 6. The van der Waals surface area contributed by atoms with E-state index in [-0.39, 0.29) is 0 Å². The van der Waals surface area contributed by atoms with Crippen molar-refractivity contribution in [2.24, 2.45) is 0 Å². The number of aryl methyl sites for hydroxylation is 2. The van der Waals surface area contributed by atoms with Crippen molar-refractivity contribution in [2.45, 2.75) is 45.2 Å². The summed E-state index contributed by atoms with van der Waals surface area (Å²) in [5.74, 6) is 0. The standard InChI is InChI=1S/C21H23N3/c1-13-4-8-18-17(10-13)21-19-9-7-15(23(19)3)11-20(21)24(18)16-6-5-14(2)22-12-16/h4-6,8,10,12,15,19H,7,9,11H2,1-3H3. The van der Waals surface area contributed by atoms with E-state index in [9.17, 15) is 0 Å². The molecule has 2 atom stereocenters. The summed E-state index contributed by atoms with van der Waals surface area (Å²) in [5, 5.41) is 1.43. The Labute approximate surface area is 142 Å². The third-order valence-electron chi connectivity index (χ3n) is 6.02. The lowest BCUT2D eigenvalue weighted by atomic mass is 9.97. The predicted molar refractivity (Wildman–Crippen MR) is 97.8 cm³/mol. The average Bonchev–Trinajstić information content (AvgIpc) is 2.99. The molecule has 0 N–H and O–H groups in total. The van der Waals surface area contributed by atoms with Gasteiger partial charge in [-0.05, 0) is 63.6 Å². The van der Waals surface area contributed by atoms with Crippen LogP contribution in [-0.4, -0.2) is 27.5 Å². The second-order valence-corrected chi connectivity index (χ2v) is 7.49. The Hall–Kier alpha value is -2.13. The van der Waals surface area contributed by atoms with Gasteiger partial charge < -0.3 is 4.57 Å². The summed E-state index contributed by atoms with van der Waals surface area (Å²) < 4.78 is 2.47. The van der Waals surface area contributed by atoms with Gasteiger partial charge >= 0.3 is 0 Å². The van der Waals surface area contributed by atoms with Gasteiger partial charge in [-0.3, -0.25) is 9.88 Å². The number of likely N-dealkylation sites (N-methyl/N-ethyl adjacent to an activating group) is 1. The molecule has 2 aromatic heterocycles. The van der Waals surface area contributed by atoms with Crippen molar-refractivity contribution in [3.63, 3.8) is 0 Å². The largest absolute Gasteiger partial charge is 0.312 e. The predicted octanol–water partition coefficient (Wildman–Crippen LogP) is 4.33. The molecule has 122 valence electrons. The molecule has 1 saturated heterocycles. The van der Waals surface area contributed by atoms with Crippen molar-refractivity contribution < 1.29 is 0 Å². The molecule has 0 radical (unpaired) electrons.